The molecule has 0 aliphatic heterocycles. The van der Waals surface area contributed by atoms with Gasteiger partial charge in [0.1, 0.15) is 5.75 Å². The molecule has 1 atom stereocenters. The number of aryl methyl sites for hydroxylation is 1. The van der Waals surface area contributed by atoms with Crippen LogP contribution in [0.15, 0.2) is 30.5 Å². The fourth-order valence-electron chi connectivity index (χ4n) is 2.11. The van der Waals surface area contributed by atoms with Gasteiger partial charge in [-0.2, -0.15) is 13.9 Å². The Hall–Kier alpha value is -2.44. The number of rotatable bonds is 5. The first-order valence-corrected chi connectivity index (χ1v) is 6.72. The highest BCUT2D eigenvalue weighted by molar-refractivity contribution is 5.94. The maximum atomic E-state index is 12.2. The van der Waals surface area contributed by atoms with E-state index in [1.165, 1.54) is 24.3 Å². The Bertz CT molecular complexity index is 671. The molecule has 1 unspecified atom stereocenters. The lowest BCUT2D eigenvalue weighted by molar-refractivity contribution is -0.0498. The number of nitrogens with zero attached hydrogens (tertiary/aromatic N) is 2. The van der Waals surface area contributed by atoms with Gasteiger partial charge in [-0.1, -0.05) is 6.07 Å². The van der Waals surface area contributed by atoms with Crippen molar-refractivity contribution in [2.24, 2.45) is 7.05 Å². The summed E-state index contributed by atoms with van der Waals surface area (Å²) in [5.74, 6) is -0.414. The van der Waals surface area contributed by atoms with Gasteiger partial charge in [-0.25, -0.2) is 0 Å². The van der Waals surface area contributed by atoms with Crippen molar-refractivity contribution in [1.29, 1.82) is 0 Å². The van der Waals surface area contributed by atoms with Crippen molar-refractivity contribution in [3.05, 3.63) is 47.3 Å². The summed E-state index contributed by atoms with van der Waals surface area (Å²) < 4.78 is 30.4. The van der Waals surface area contributed by atoms with Gasteiger partial charge in [-0.05, 0) is 32.0 Å². The van der Waals surface area contributed by atoms with Crippen LogP contribution >= 0.6 is 0 Å². The molecule has 0 radical (unpaired) electrons. The molecule has 0 saturated heterocycles. The van der Waals surface area contributed by atoms with Crippen LogP contribution in [0.3, 0.4) is 0 Å². The van der Waals surface area contributed by atoms with Gasteiger partial charge in [0.25, 0.3) is 5.91 Å². The van der Waals surface area contributed by atoms with Gasteiger partial charge < -0.3 is 10.1 Å². The molecular formula is C15H17F2N3O2. The maximum Gasteiger partial charge on any atom is 0.387 e. The van der Waals surface area contributed by atoms with Crippen LogP contribution in [0, 0.1) is 6.92 Å². The summed E-state index contributed by atoms with van der Waals surface area (Å²) in [6.07, 6.45) is 1.69. The second kappa shape index (κ2) is 6.55. The summed E-state index contributed by atoms with van der Waals surface area (Å²) in [4.78, 5) is 12.2. The first kappa shape index (κ1) is 15.9. The molecule has 5 nitrogen and oxygen atoms in total. The van der Waals surface area contributed by atoms with Gasteiger partial charge in [0.2, 0.25) is 0 Å². The van der Waals surface area contributed by atoms with E-state index in [9.17, 15) is 13.6 Å². The van der Waals surface area contributed by atoms with Crippen LogP contribution in [0.5, 0.6) is 5.75 Å². The third-order valence-corrected chi connectivity index (χ3v) is 3.41. The number of halogens is 2. The molecular weight excluding hydrogens is 292 g/mol. The number of nitrogens with one attached hydrogen (secondary N) is 1. The Morgan fingerprint density at radius 1 is 1.41 bits per heavy atom. The summed E-state index contributed by atoms with van der Waals surface area (Å²) in [5, 5.41) is 6.94. The third-order valence-electron chi connectivity index (χ3n) is 3.41. The lowest BCUT2D eigenvalue weighted by Crippen LogP contribution is -2.27. The molecule has 7 heteroatoms. The first-order valence-electron chi connectivity index (χ1n) is 6.72. The molecule has 22 heavy (non-hydrogen) atoms. The second-order valence-electron chi connectivity index (χ2n) is 4.91. The molecule has 0 saturated carbocycles. The quantitative estimate of drug-likeness (QED) is 0.924. The Morgan fingerprint density at radius 3 is 2.73 bits per heavy atom. The molecule has 118 valence electrons. The summed E-state index contributed by atoms with van der Waals surface area (Å²) in [7, 11) is 1.82. The summed E-state index contributed by atoms with van der Waals surface area (Å²) >= 11 is 0. The van der Waals surface area contributed by atoms with Gasteiger partial charge in [-0.15, -0.1) is 0 Å². The molecule has 0 spiro atoms. The van der Waals surface area contributed by atoms with Gasteiger partial charge in [0.05, 0.1) is 12.2 Å². The minimum absolute atomic E-state index is 0.0483. The van der Waals surface area contributed by atoms with Crippen LogP contribution in [-0.4, -0.2) is 22.3 Å². The molecule has 1 heterocycles. The number of carbonyl (C=O) groups excluding carboxylic acids is 1. The Balaban J connectivity index is 2.10. The van der Waals surface area contributed by atoms with Gasteiger partial charge in [0.15, 0.2) is 0 Å². The third kappa shape index (κ3) is 3.60. The molecule has 1 amide bonds. The maximum absolute atomic E-state index is 12.2. The van der Waals surface area contributed by atoms with E-state index in [0.29, 0.717) is 0 Å². The smallest absolute Gasteiger partial charge is 0.387 e. The fraction of sp³-hybridized carbons (Fsp3) is 0.333. The lowest BCUT2D eigenvalue weighted by Gasteiger charge is -2.14. The monoisotopic (exact) mass is 309 g/mol. The largest absolute Gasteiger partial charge is 0.435 e. The highest BCUT2D eigenvalue weighted by Gasteiger charge is 2.16. The van der Waals surface area contributed by atoms with Gasteiger partial charge >= 0.3 is 6.61 Å². The number of ether oxygens (including phenoxy) is 1. The minimum Gasteiger partial charge on any atom is -0.435 e. The zero-order valence-corrected chi connectivity index (χ0v) is 12.5. The number of hydrogen-bond acceptors (Lipinski definition) is 3. The van der Waals surface area contributed by atoms with Crippen LogP contribution in [0.2, 0.25) is 0 Å². The van der Waals surface area contributed by atoms with Crippen molar-refractivity contribution in [1.82, 2.24) is 15.1 Å². The van der Waals surface area contributed by atoms with E-state index in [0.717, 1.165) is 11.3 Å². The van der Waals surface area contributed by atoms with Crippen molar-refractivity contribution in [3.63, 3.8) is 0 Å². The number of carbonyl (C=O) groups is 1. The van der Waals surface area contributed by atoms with Gasteiger partial charge in [0, 0.05) is 23.9 Å². The fourth-order valence-corrected chi connectivity index (χ4v) is 2.11. The topological polar surface area (TPSA) is 56.1 Å². The molecule has 2 aromatic rings. The Morgan fingerprint density at radius 2 is 2.14 bits per heavy atom. The standard InChI is InChI=1S/C15H17F2N3O2/c1-9(13-8-18-20(3)10(13)2)19-14(21)11-5-4-6-12(7-11)22-15(16)17/h4-9,15H,1-3H3,(H,19,21). The van der Waals surface area contributed by atoms with Crippen molar-refractivity contribution in [2.45, 2.75) is 26.5 Å². The molecule has 0 aliphatic carbocycles. The molecule has 1 aromatic heterocycles. The minimum atomic E-state index is -2.92. The lowest BCUT2D eigenvalue weighted by atomic mass is 10.1. The van der Waals surface area contributed by atoms with Crippen LogP contribution in [0.1, 0.15) is 34.6 Å². The SMILES string of the molecule is Cc1c(C(C)NC(=O)c2cccc(OC(F)F)c2)cnn1C. The molecule has 0 aliphatic rings. The van der Waals surface area contributed by atoms with E-state index in [1.54, 1.807) is 10.9 Å². The second-order valence-corrected chi connectivity index (χ2v) is 4.91. The predicted octanol–water partition coefficient (Wildman–Crippen LogP) is 2.82. The van der Waals surface area contributed by atoms with Crippen LogP contribution < -0.4 is 10.1 Å². The van der Waals surface area contributed by atoms with E-state index in [4.69, 9.17) is 0 Å². The highest BCUT2D eigenvalue weighted by Crippen LogP contribution is 2.19. The predicted molar refractivity (Wildman–Crippen MR) is 76.9 cm³/mol. The first-order chi connectivity index (χ1) is 10.4. The number of aromatic nitrogens is 2. The average Bonchev–Trinajstić information content (AvgIpc) is 2.78. The summed E-state index contributed by atoms with van der Waals surface area (Å²) in [6.45, 7) is 0.819. The van der Waals surface area contributed by atoms with E-state index >= 15 is 0 Å². The van der Waals surface area contributed by atoms with Crippen LogP contribution in [0.4, 0.5) is 8.78 Å². The summed E-state index contributed by atoms with van der Waals surface area (Å²) in [6, 6.07) is 5.44. The number of amides is 1. The Kier molecular flexibility index (Phi) is 4.75. The molecule has 0 fully saturated rings. The van der Waals surface area contributed by atoms with Crippen molar-refractivity contribution in [2.75, 3.05) is 0 Å². The van der Waals surface area contributed by atoms with Crippen molar-refractivity contribution < 1.29 is 18.3 Å². The van der Waals surface area contributed by atoms with E-state index in [1.807, 2.05) is 20.9 Å². The molecule has 1 aromatic carbocycles. The zero-order chi connectivity index (χ0) is 16.3. The van der Waals surface area contributed by atoms with Crippen molar-refractivity contribution in [3.8, 4) is 5.75 Å². The number of hydrogen-bond donors (Lipinski definition) is 1. The zero-order valence-electron chi connectivity index (χ0n) is 12.5. The van der Waals surface area contributed by atoms with Crippen LogP contribution in [-0.2, 0) is 7.05 Å². The molecule has 0 bridgehead atoms. The normalized spacial score (nSPS) is 12.3. The molecule has 1 N–H and O–H groups in total. The van der Waals surface area contributed by atoms with Crippen molar-refractivity contribution >= 4 is 5.91 Å². The van der Waals surface area contributed by atoms with E-state index < -0.39 is 6.61 Å². The van der Waals surface area contributed by atoms with Crippen LogP contribution in [0.25, 0.3) is 0 Å². The number of alkyl halides is 2. The summed E-state index contributed by atoms with van der Waals surface area (Å²) in [5.41, 5.74) is 2.10. The Labute approximate surface area is 126 Å². The number of benzene rings is 1. The van der Waals surface area contributed by atoms with E-state index in [2.05, 4.69) is 15.2 Å². The average molecular weight is 309 g/mol. The highest BCUT2D eigenvalue weighted by atomic mass is 19.3. The van der Waals surface area contributed by atoms with E-state index in [-0.39, 0.29) is 23.3 Å². The van der Waals surface area contributed by atoms with Gasteiger partial charge in [-0.3, -0.25) is 9.48 Å². The molecule has 2 rings (SSSR count).